The summed E-state index contributed by atoms with van der Waals surface area (Å²) in [6, 6.07) is 10.5. The van der Waals surface area contributed by atoms with Gasteiger partial charge in [-0.15, -0.1) is 0 Å². The second kappa shape index (κ2) is 4.53. The van der Waals surface area contributed by atoms with E-state index in [1.165, 1.54) is 0 Å². The molecule has 3 rings (SSSR count). The molecule has 2 aromatic rings. The van der Waals surface area contributed by atoms with Crippen molar-refractivity contribution in [2.24, 2.45) is 5.92 Å². The quantitative estimate of drug-likeness (QED) is 0.878. The van der Waals surface area contributed by atoms with E-state index in [0.29, 0.717) is 12.0 Å². The fourth-order valence-corrected chi connectivity index (χ4v) is 2.41. The molecule has 1 aromatic carbocycles. The highest BCUT2D eigenvalue weighted by atomic mass is 15.4. The third kappa shape index (κ3) is 1.93. The van der Waals surface area contributed by atoms with Crippen molar-refractivity contribution in [2.75, 3.05) is 6.54 Å². The molecule has 0 aliphatic carbocycles. The molecule has 0 spiro atoms. The SMILES string of the molecule is CC(C)[C@@H]1NCCn2nc(-c3ccccc3)nc21. The van der Waals surface area contributed by atoms with Crippen LogP contribution in [0.3, 0.4) is 0 Å². The van der Waals surface area contributed by atoms with Crippen LogP contribution in [0.1, 0.15) is 25.7 Å². The molecule has 0 saturated heterocycles. The van der Waals surface area contributed by atoms with Crippen LogP contribution in [0.15, 0.2) is 30.3 Å². The van der Waals surface area contributed by atoms with Gasteiger partial charge in [0.1, 0.15) is 5.82 Å². The Hall–Kier alpha value is -1.68. The Morgan fingerprint density at radius 1 is 1.28 bits per heavy atom. The Balaban J connectivity index is 2.01. The molecule has 4 heteroatoms. The highest BCUT2D eigenvalue weighted by Gasteiger charge is 2.26. The zero-order valence-electron chi connectivity index (χ0n) is 10.8. The van der Waals surface area contributed by atoms with E-state index in [1.54, 1.807) is 0 Å². The maximum absolute atomic E-state index is 4.71. The smallest absolute Gasteiger partial charge is 0.181 e. The first-order valence-corrected chi connectivity index (χ1v) is 6.49. The van der Waals surface area contributed by atoms with Crippen LogP contribution in [-0.4, -0.2) is 21.3 Å². The van der Waals surface area contributed by atoms with Crippen LogP contribution < -0.4 is 5.32 Å². The Labute approximate surface area is 107 Å². The van der Waals surface area contributed by atoms with E-state index >= 15 is 0 Å². The van der Waals surface area contributed by atoms with Crippen LogP contribution in [0.5, 0.6) is 0 Å². The highest BCUT2D eigenvalue weighted by Crippen LogP contribution is 2.25. The number of hydrogen-bond donors (Lipinski definition) is 1. The molecule has 18 heavy (non-hydrogen) atoms. The summed E-state index contributed by atoms with van der Waals surface area (Å²) in [7, 11) is 0. The number of nitrogens with one attached hydrogen (secondary N) is 1. The van der Waals surface area contributed by atoms with Gasteiger partial charge in [0.15, 0.2) is 5.82 Å². The number of aromatic nitrogens is 3. The molecule has 1 aliphatic heterocycles. The van der Waals surface area contributed by atoms with E-state index in [9.17, 15) is 0 Å². The van der Waals surface area contributed by atoms with Gasteiger partial charge in [-0.25, -0.2) is 9.67 Å². The van der Waals surface area contributed by atoms with E-state index in [2.05, 4.69) is 36.4 Å². The summed E-state index contributed by atoms with van der Waals surface area (Å²) in [5.74, 6) is 2.42. The van der Waals surface area contributed by atoms with Gasteiger partial charge in [0.05, 0.1) is 12.6 Å². The van der Waals surface area contributed by atoms with Gasteiger partial charge in [-0.1, -0.05) is 44.2 Å². The molecule has 94 valence electrons. The fraction of sp³-hybridized carbons (Fsp3) is 0.429. The van der Waals surface area contributed by atoms with Gasteiger partial charge in [0.2, 0.25) is 0 Å². The van der Waals surface area contributed by atoms with Crippen LogP contribution in [0, 0.1) is 5.92 Å². The van der Waals surface area contributed by atoms with Crippen molar-refractivity contribution in [3.63, 3.8) is 0 Å². The van der Waals surface area contributed by atoms with Crippen molar-refractivity contribution in [2.45, 2.75) is 26.4 Å². The van der Waals surface area contributed by atoms with Crippen molar-refractivity contribution in [3.05, 3.63) is 36.2 Å². The number of fused-ring (bicyclic) bond motifs is 1. The van der Waals surface area contributed by atoms with Gasteiger partial charge >= 0.3 is 0 Å². The fourth-order valence-electron chi connectivity index (χ4n) is 2.41. The molecule has 1 aromatic heterocycles. The molecule has 1 aliphatic rings. The molecule has 1 N–H and O–H groups in total. The summed E-state index contributed by atoms with van der Waals surface area (Å²) in [6.45, 7) is 6.29. The minimum Gasteiger partial charge on any atom is -0.305 e. The minimum absolute atomic E-state index is 0.309. The van der Waals surface area contributed by atoms with E-state index < -0.39 is 0 Å². The Morgan fingerprint density at radius 2 is 2.06 bits per heavy atom. The average molecular weight is 242 g/mol. The Morgan fingerprint density at radius 3 is 2.78 bits per heavy atom. The second-order valence-corrected chi connectivity index (χ2v) is 5.06. The van der Waals surface area contributed by atoms with Crippen LogP contribution >= 0.6 is 0 Å². The lowest BCUT2D eigenvalue weighted by Gasteiger charge is -2.26. The first-order valence-electron chi connectivity index (χ1n) is 6.49. The zero-order chi connectivity index (χ0) is 12.5. The molecule has 2 heterocycles. The van der Waals surface area contributed by atoms with Crippen molar-refractivity contribution in [1.82, 2.24) is 20.1 Å². The average Bonchev–Trinajstić information content (AvgIpc) is 2.83. The van der Waals surface area contributed by atoms with Gasteiger partial charge in [-0.2, -0.15) is 5.10 Å². The van der Waals surface area contributed by atoms with E-state index in [4.69, 9.17) is 4.98 Å². The van der Waals surface area contributed by atoms with E-state index in [-0.39, 0.29) is 0 Å². The molecular formula is C14H18N4. The van der Waals surface area contributed by atoms with Crippen LogP contribution in [0.4, 0.5) is 0 Å². The monoisotopic (exact) mass is 242 g/mol. The van der Waals surface area contributed by atoms with Crippen LogP contribution in [-0.2, 0) is 6.54 Å². The van der Waals surface area contributed by atoms with Gasteiger partial charge < -0.3 is 5.32 Å². The van der Waals surface area contributed by atoms with E-state index in [1.807, 2.05) is 22.9 Å². The Kier molecular flexibility index (Phi) is 2.88. The maximum Gasteiger partial charge on any atom is 0.181 e. The molecule has 1 atom stereocenters. The first-order chi connectivity index (χ1) is 8.75. The molecule has 0 amide bonds. The standard InChI is InChI=1S/C14H18N4/c1-10(2)12-14-16-13(11-6-4-3-5-7-11)17-18(14)9-8-15-12/h3-7,10,12,15H,8-9H2,1-2H3/t12-/m0/s1. The van der Waals surface area contributed by atoms with Gasteiger partial charge in [0, 0.05) is 12.1 Å². The zero-order valence-corrected chi connectivity index (χ0v) is 10.8. The number of rotatable bonds is 2. The predicted octanol–water partition coefficient (Wildman–Crippen LogP) is 2.25. The lowest BCUT2D eigenvalue weighted by molar-refractivity contribution is 0.325. The van der Waals surface area contributed by atoms with Gasteiger partial charge in [-0.3, -0.25) is 0 Å². The minimum atomic E-state index is 0.309. The lowest BCUT2D eigenvalue weighted by Crippen LogP contribution is -2.36. The predicted molar refractivity (Wildman–Crippen MR) is 71.0 cm³/mol. The third-order valence-corrected chi connectivity index (χ3v) is 3.37. The van der Waals surface area contributed by atoms with Crippen molar-refractivity contribution < 1.29 is 0 Å². The summed E-state index contributed by atoms with van der Waals surface area (Å²) < 4.78 is 2.05. The maximum atomic E-state index is 4.71. The first kappa shape index (κ1) is 11.4. The third-order valence-electron chi connectivity index (χ3n) is 3.37. The number of hydrogen-bond acceptors (Lipinski definition) is 3. The second-order valence-electron chi connectivity index (χ2n) is 5.06. The summed E-state index contributed by atoms with van der Waals surface area (Å²) in [5, 5.41) is 8.14. The van der Waals surface area contributed by atoms with E-state index in [0.717, 1.165) is 30.3 Å². The highest BCUT2D eigenvalue weighted by molar-refractivity contribution is 5.54. The van der Waals surface area contributed by atoms with Crippen molar-refractivity contribution in [1.29, 1.82) is 0 Å². The molecule has 0 unspecified atom stereocenters. The van der Waals surface area contributed by atoms with Gasteiger partial charge in [-0.05, 0) is 5.92 Å². The molecule has 0 saturated carbocycles. The molecule has 0 bridgehead atoms. The van der Waals surface area contributed by atoms with Crippen molar-refractivity contribution in [3.8, 4) is 11.4 Å². The number of nitrogens with zero attached hydrogens (tertiary/aromatic N) is 3. The topological polar surface area (TPSA) is 42.7 Å². The van der Waals surface area contributed by atoms with Crippen molar-refractivity contribution >= 4 is 0 Å². The van der Waals surface area contributed by atoms with Crippen LogP contribution in [0.2, 0.25) is 0 Å². The summed E-state index contributed by atoms with van der Waals surface area (Å²) >= 11 is 0. The Bertz CT molecular complexity index is 530. The van der Waals surface area contributed by atoms with Crippen LogP contribution in [0.25, 0.3) is 11.4 Å². The number of benzene rings is 1. The van der Waals surface area contributed by atoms with Gasteiger partial charge in [0.25, 0.3) is 0 Å². The lowest BCUT2D eigenvalue weighted by atomic mass is 10.0. The summed E-state index contributed by atoms with van der Waals surface area (Å²) in [4.78, 5) is 4.71. The largest absolute Gasteiger partial charge is 0.305 e. The summed E-state index contributed by atoms with van der Waals surface area (Å²) in [5.41, 5.74) is 1.09. The summed E-state index contributed by atoms with van der Waals surface area (Å²) in [6.07, 6.45) is 0. The molecule has 0 radical (unpaired) electrons. The molecule has 0 fully saturated rings. The molecular weight excluding hydrogens is 224 g/mol. The molecule has 4 nitrogen and oxygen atoms in total. The normalized spacial score (nSPS) is 18.9.